The van der Waals surface area contributed by atoms with E-state index in [1.54, 1.807) is 6.20 Å². The van der Waals surface area contributed by atoms with Gasteiger partial charge in [0.25, 0.3) is 0 Å². The average Bonchev–Trinajstić information content (AvgIpc) is 2.45. The highest BCUT2D eigenvalue weighted by Gasteiger charge is 2.18. The Morgan fingerprint density at radius 3 is 3.00 bits per heavy atom. The van der Waals surface area contributed by atoms with Gasteiger partial charge in [-0.15, -0.1) is 24.0 Å². The lowest BCUT2D eigenvalue weighted by Crippen LogP contribution is -2.47. The van der Waals surface area contributed by atoms with E-state index >= 15 is 0 Å². The summed E-state index contributed by atoms with van der Waals surface area (Å²) in [6.07, 6.45) is 1.98. The van der Waals surface area contributed by atoms with Gasteiger partial charge in [0.2, 0.25) is 0 Å². The van der Waals surface area contributed by atoms with Gasteiger partial charge in [0.05, 0.1) is 30.6 Å². The van der Waals surface area contributed by atoms with Crippen molar-refractivity contribution >= 4 is 35.6 Å². The van der Waals surface area contributed by atoms with Crippen molar-refractivity contribution in [2.24, 2.45) is 10.7 Å². The van der Waals surface area contributed by atoms with Crippen LogP contribution in [0.1, 0.15) is 12.6 Å². The zero-order valence-corrected chi connectivity index (χ0v) is 15.2. The maximum absolute atomic E-state index is 6.06. The highest BCUT2D eigenvalue weighted by molar-refractivity contribution is 14.0. The molecule has 1 saturated heterocycles. The molecule has 0 aromatic carbocycles. The van der Waals surface area contributed by atoms with E-state index in [1.807, 2.05) is 38.1 Å². The number of hydrogen-bond donors (Lipinski definition) is 1. The summed E-state index contributed by atoms with van der Waals surface area (Å²) in [6.45, 7) is 4.82. The number of guanidine groups is 1. The number of morpholine rings is 1. The van der Waals surface area contributed by atoms with Crippen LogP contribution in [0.2, 0.25) is 0 Å². The van der Waals surface area contributed by atoms with Gasteiger partial charge in [0.15, 0.2) is 5.96 Å². The first-order valence-corrected chi connectivity index (χ1v) is 6.85. The van der Waals surface area contributed by atoms with E-state index in [0.717, 1.165) is 24.5 Å². The second-order valence-electron chi connectivity index (χ2n) is 5.17. The average molecular weight is 405 g/mol. The number of nitrogens with two attached hydrogens (primary N) is 1. The zero-order chi connectivity index (χ0) is 14.5. The lowest BCUT2D eigenvalue weighted by atomic mass is 10.3. The molecule has 0 radical (unpaired) electrons. The van der Waals surface area contributed by atoms with E-state index in [0.29, 0.717) is 19.1 Å². The number of halogens is 1. The summed E-state index contributed by atoms with van der Waals surface area (Å²) in [7, 11) is 3.99. The number of nitrogens with zero attached hydrogens (tertiary/aromatic N) is 4. The maximum Gasteiger partial charge on any atom is 0.191 e. The molecule has 6 nitrogen and oxygen atoms in total. The van der Waals surface area contributed by atoms with Gasteiger partial charge < -0.3 is 20.3 Å². The molecule has 1 unspecified atom stereocenters. The molecule has 2 N–H and O–H groups in total. The Labute approximate surface area is 143 Å². The Balaban J connectivity index is 0.00000220. The number of pyridine rings is 1. The van der Waals surface area contributed by atoms with Crippen LogP contribution in [0, 0.1) is 0 Å². The quantitative estimate of drug-likeness (QED) is 0.467. The molecule has 0 spiro atoms. The molecular formula is C14H24IN5O. The minimum Gasteiger partial charge on any atom is -0.376 e. The molecule has 1 aliphatic heterocycles. The van der Waals surface area contributed by atoms with Crippen LogP contribution >= 0.6 is 24.0 Å². The summed E-state index contributed by atoms with van der Waals surface area (Å²) >= 11 is 0. The van der Waals surface area contributed by atoms with Gasteiger partial charge >= 0.3 is 0 Å². The second kappa shape index (κ2) is 8.38. The van der Waals surface area contributed by atoms with Crippen molar-refractivity contribution in [2.75, 3.05) is 38.7 Å². The Kier molecular flexibility index (Phi) is 7.16. The molecule has 7 heteroatoms. The molecule has 0 bridgehead atoms. The van der Waals surface area contributed by atoms with Gasteiger partial charge in [0.1, 0.15) is 0 Å². The molecule has 0 aliphatic carbocycles. The third-order valence-corrected chi connectivity index (χ3v) is 3.30. The topological polar surface area (TPSA) is 67.0 Å². The number of aliphatic imine (C=N–C) groups is 1. The highest BCUT2D eigenvalue weighted by Crippen LogP contribution is 2.16. The fourth-order valence-electron chi connectivity index (χ4n) is 2.24. The van der Waals surface area contributed by atoms with E-state index in [-0.39, 0.29) is 30.1 Å². The van der Waals surface area contributed by atoms with Gasteiger partial charge in [-0.3, -0.25) is 4.98 Å². The monoisotopic (exact) mass is 405 g/mol. The predicted molar refractivity (Wildman–Crippen MR) is 96.3 cm³/mol. The largest absolute Gasteiger partial charge is 0.376 e. The minimum absolute atomic E-state index is 0. The predicted octanol–water partition coefficient (Wildman–Crippen LogP) is 1.30. The zero-order valence-electron chi connectivity index (χ0n) is 12.8. The van der Waals surface area contributed by atoms with Crippen molar-refractivity contribution in [3.63, 3.8) is 0 Å². The van der Waals surface area contributed by atoms with Crippen molar-refractivity contribution in [2.45, 2.75) is 19.6 Å². The van der Waals surface area contributed by atoms with Crippen LogP contribution < -0.4 is 10.6 Å². The molecule has 118 valence electrons. The molecule has 2 rings (SSSR count). The van der Waals surface area contributed by atoms with Crippen LogP contribution in [0.4, 0.5) is 5.69 Å². The number of ether oxygens (including phenoxy) is 1. The third kappa shape index (κ3) is 4.99. The van der Waals surface area contributed by atoms with Crippen LogP contribution in [0.3, 0.4) is 0 Å². The van der Waals surface area contributed by atoms with E-state index < -0.39 is 0 Å². The molecule has 1 aliphatic rings. The fourth-order valence-corrected chi connectivity index (χ4v) is 2.24. The van der Waals surface area contributed by atoms with E-state index in [1.165, 1.54) is 0 Å². The summed E-state index contributed by atoms with van der Waals surface area (Å²) in [5, 5.41) is 0. The Hall–Kier alpha value is -1.09. The lowest BCUT2D eigenvalue weighted by Gasteiger charge is -2.31. The molecular weight excluding hydrogens is 381 g/mol. The molecule has 1 aromatic rings. The first kappa shape index (κ1) is 18.0. The summed E-state index contributed by atoms with van der Waals surface area (Å²) < 4.78 is 5.50. The van der Waals surface area contributed by atoms with Crippen molar-refractivity contribution in [3.8, 4) is 0 Å². The molecule has 0 saturated carbocycles. The third-order valence-electron chi connectivity index (χ3n) is 3.30. The van der Waals surface area contributed by atoms with Crippen LogP contribution in [0.15, 0.2) is 23.3 Å². The molecule has 1 fully saturated rings. The second-order valence-corrected chi connectivity index (χ2v) is 5.17. The number of anilines is 1. The summed E-state index contributed by atoms with van der Waals surface area (Å²) in [5.41, 5.74) is 8.06. The molecule has 21 heavy (non-hydrogen) atoms. The van der Waals surface area contributed by atoms with Crippen molar-refractivity contribution in [3.05, 3.63) is 24.0 Å². The summed E-state index contributed by atoms with van der Waals surface area (Å²) in [6, 6.07) is 3.96. The van der Waals surface area contributed by atoms with Crippen LogP contribution in [-0.2, 0) is 11.3 Å². The Morgan fingerprint density at radius 2 is 2.33 bits per heavy atom. The van der Waals surface area contributed by atoms with E-state index in [4.69, 9.17) is 10.5 Å². The molecule has 1 aromatic heterocycles. The fraction of sp³-hybridized carbons (Fsp3) is 0.571. The van der Waals surface area contributed by atoms with Crippen LogP contribution in [-0.4, -0.2) is 55.7 Å². The normalized spacial score (nSPS) is 19.1. The number of hydrogen-bond acceptors (Lipinski definition) is 4. The minimum atomic E-state index is 0. The van der Waals surface area contributed by atoms with Gasteiger partial charge in [-0.2, -0.15) is 0 Å². The SMILES string of the molecule is CC1CN(C(N)=NCc2ncccc2N(C)C)CCO1.I. The summed E-state index contributed by atoms with van der Waals surface area (Å²) in [5.74, 6) is 0.565. The molecule has 2 heterocycles. The van der Waals surface area contributed by atoms with Crippen molar-refractivity contribution < 1.29 is 4.74 Å². The van der Waals surface area contributed by atoms with Gasteiger partial charge in [0, 0.05) is 33.4 Å². The van der Waals surface area contributed by atoms with Crippen molar-refractivity contribution in [1.29, 1.82) is 0 Å². The van der Waals surface area contributed by atoms with Gasteiger partial charge in [-0.25, -0.2) is 4.99 Å². The Morgan fingerprint density at radius 1 is 1.57 bits per heavy atom. The van der Waals surface area contributed by atoms with Crippen molar-refractivity contribution in [1.82, 2.24) is 9.88 Å². The van der Waals surface area contributed by atoms with Gasteiger partial charge in [-0.05, 0) is 19.1 Å². The molecule has 1 atom stereocenters. The first-order chi connectivity index (χ1) is 9.58. The first-order valence-electron chi connectivity index (χ1n) is 6.85. The number of rotatable bonds is 3. The lowest BCUT2D eigenvalue weighted by molar-refractivity contribution is 0.00528. The summed E-state index contributed by atoms with van der Waals surface area (Å²) in [4.78, 5) is 13.0. The Bertz CT molecular complexity index is 480. The van der Waals surface area contributed by atoms with Crippen LogP contribution in [0.5, 0.6) is 0 Å². The standard InChI is InChI=1S/C14H23N5O.HI/c1-11-10-19(7-8-20-11)14(15)17-9-12-13(18(2)3)5-4-6-16-12;/h4-6,11H,7-10H2,1-3H3,(H2,15,17);1H. The van der Waals surface area contributed by atoms with E-state index in [2.05, 4.69) is 14.9 Å². The highest BCUT2D eigenvalue weighted by atomic mass is 127. The van der Waals surface area contributed by atoms with E-state index in [9.17, 15) is 0 Å². The van der Waals surface area contributed by atoms with Gasteiger partial charge in [-0.1, -0.05) is 0 Å². The smallest absolute Gasteiger partial charge is 0.191 e. The van der Waals surface area contributed by atoms with Crippen LogP contribution in [0.25, 0.3) is 0 Å². The number of aromatic nitrogens is 1. The maximum atomic E-state index is 6.06. The molecule has 0 amide bonds.